The molecule has 2 saturated carbocycles. The van der Waals surface area contributed by atoms with Crippen molar-refractivity contribution in [2.75, 3.05) is 0 Å². The number of aliphatic carboxylic acids is 1. The van der Waals surface area contributed by atoms with Gasteiger partial charge < -0.3 is 10.4 Å². The Morgan fingerprint density at radius 2 is 2.00 bits per heavy atom. The van der Waals surface area contributed by atoms with Gasteiger partial charge in [-0.1, -0.05) is 6.42 Å². The molecule has 2 rings (SSSR count). The number of hydrogen-bond acceptors (Lipinski definition) is 2. The second kappa shape index (κ2) is 4.31. The molecule has 4 nitrogen and oxygen atoms in total. The zero-order chi connectivity index (χ0) is 12.6. The average Bonchev–Trinajstić information content (AvgIpc) is 2.74. The van der Waals surface area contributed by atoms with Crippen LogP contribution in [0.3, 0.4) is 0 Å². The van der Waals surface area contributed by atoms with E-state index in [1.165, 1.54) is 19.3 Å². The number of carbonyl (C=O) groups is 2. The van der Waals surface area contributed by atoms with Crippen molar-refractivity contribution in [2.24, 2.45) is 17.8 Å². The van der Waals surface area contributed by atoms with Gasteiger partial charge in [0.15, 0.2) is 0 Å². The summed E-state index contributed by atoms with van der Waals surface area (Å²) in [6.07, 6.45) is 4.60. The molecule has 0 aliphatic heterocycles. The van der Waals surface area contributed by atoms with E-state index >= 15 is 0 Å². The fourth-order valence-electron chi connectivity index (χ4n) is 3.41. The van der Waals surface area contributed by atoms with Crippen LogP contribution < -0.4 is 5.32 Å². The van der Waals surface area contributed by atoms with Crippen LogP contribution in [-0.2, 0) is 9.59 Å². The molecule has 0 aromatic rings. The second-order valence-corrected chi connectivity index (χ2v) is 6.23. The van der Waals surface area contributed by atoms with Gasteiger partial charge in [-0.25, -0.2) is 0 Å². The van der Waals surface area contributed by atoms with E-state index < -0.39 is 11.5 Å². The summed E-state index contributed by atoms with van der Waals surface area (Å²) in [6, 6.07) is 0. The molecule has 2 N–H and O–H groups in total. The standard InChI is InChI=1S/C13H21NO3/c1-13(2,7-11(15)16)14-12(17)10-6-8-3-4-9(10)5-8/h8-10H,3-7H2,1-2H3,(H,14,17)(H,15,16). The van der Waals surface area contributed by atoms with Crippen LogP contribution in [0.1, 0.15) is 46.0 Å². The Bertz CT molecular complexity index is 338. The van der Waals surface area contributed by atoms with Gasteiger partial charge in [0, 0.05) is 11.5 Å². The molecular formula is C13H21NO3. The zero-order valence-corrected chi connectivity index (χ0v) is 10.5. The predicted molar refractivity (Wildman–Crippen MR) is 63.4 cm³/mol. The van der Waals surface area contributed by atoms with Gasteiger partial charge in [-0.3, -0.25) is 9.59 Å². The van der Waals surface area contributed by atoms with Crippen LogP contribution in [-0.4, -0.2) is 22.5 Å². The van der Waals surface area contributed by atoms with Crippen molar-refractivity contribution in [1.82, 2.24) is 5.32 Å². The number of hydrogen-bond donors (Lipinski definition) is 2. The lowest BCUT2D eigenvalue weighted by molar-refractivity contribution is -0.139. The van der Waals surface area contributed by atoms with Gasteiger partial charge in [0.2, 0.25) is 5.91 Å². The molecular weight excluding hydrogens is 218 g/mol. The van der Waals surface area contributed by atoms with Crippen molar-refractivity contribution >= 4 is 11.9 Å². The number of fused-ring (bicyclic) bond motifs is 2. The Morgan fingerprint density at radius 3 is 2.47 bits per heavy atom. The quantitative estimate of drug-likeness (QED) is 0.786. The molecule has 96 valence electrons. The summed E-state index contributed by atoms with van der Waals surface area (Å²) in [5.41, 5.74) is -0.648. The van der Waals surface area contributed by atoms with Crippen molar-refractivity contribution in [3.63, 3.8) is 0 Å². The Morgan fingerprint density at radius 1 is 1.29 bits per heavy atom. The fraction of sp³-hybridized carbons (Fsp3) is 0.846. The molecule has 2 bridgehead atoms. The van der Waals surface area contributed by atoms with Gasteiger partial charge in [0.25, 0.3) is 0 Å². The van der Waals surface area contributed by atoms with Crippen LogP contribution in [0, 0.1) is 17.8 Å². The summed E-state index contributed by atoms with van der Waals surface area (Å²) in [4.78, 5) is 22.8. The van der Waals surface area contributed by atoms with Crippen LogP contribution in [0.15, 0.2) is 0 Å². The number of carboxylic acids is 1. The first-order valence-corrected chi connectivity index (χ1v) is 6.41. The van der Waals surface area contributed by atoms with Crippen LogP contribution in [0.2, 0.25) is 0 Å². The van der Waals surface area contributed by atoms with Crippen LogP contribution in [0.5, 0.6) is 0 Å². The molecule has 3 atom stereocenters. The third-order valence-electron chi connectivity index (χ3n) is 4.13. The lowest BCUT2D eigenvalue weighted by atomic mass is 9.87. The van der Waals surface area contributed by atoms with E-state index in [4.69, 9.17) is 5.11 Å². The lowest BCUT2D eigenvalue weighted by Gasteiger charge is -2.29. The molecule has 1 amide bonds. The average molecular weight is 239 g/mol. The van der Waals surface area contributed by atoms with Crippen molar-refractivity contribution in [3.05, 3.63) is 0 Å². The van der Waals surface area contributed by atoms with Crippen molar-refractivity contribution in [2.45, 2.75) is 51.5 Å². The summed E-state index contributed by atoms with van der Waals surface area (Å²) in [5, 5.41) is 11.7. The highest BCUT2D eigenvalue weighted by Gasteiger charge is 2.44. The number of rotatable bonds is 4. The Kier molecular flexibility index (Phi) is 3.15. The minimum Gasteiger partial charge on any atom is -0.481 e. The maximum absolute atomic E-state index is 12.1. The van der Waals surface area contributed by atoms with Gasteiger partial charge >= 0.3 is 5.97 Å². The molecule has 2 aliphatic rings. The Hall–Kier alpha value is -1.06. The summed E-state index contributed by atoms with van der Waals surface area (Å²) in [7, 11) is 0. The number of carbonyl (C=O) groups excluding carboxylic acids is 1. The van der Waals surface area contributed by atoms with Crippen LogP contribution in [0.4, 0.5) is 0 Å². The minimum absolute atomic E-state index is 0.0282. The summed E-state index contributed by atoms with van der Waals surface area (Å²) >= 11 is 0. The van der Waals surface area contributed by atoms with Crippen molar-refractivity contribution in [1.29, 1.82) is 0 Å². The normalized spacial score (nSPS) is 31.5. The zero-order valence-electron chi connectivity index (χ0n) is 10.5. The Labute approximate surface area is 102 Å². The molecule has 0 heterocycles. The third kappa shape index (κ3) is 2.79. The van der Waals surface area contributed by atoms with E-state index in [0.29, 0.717) is 5.92 Å². The molecule has 0 spiro atoms. The van der Waals surface area contributed by atoms with E-state index in [1.807, 2.05) is 0 Å². The topological polar surface area (TPSA) is 66.4 Å². The van der Waals surface area contributed by atoms with Gasteiger partial charge in [0.1, 0.15) is 0 Å². The highest BCUT2D eigenvalue weighted by atomic mass is 16.4. The SMILES string of the molecule is CC(C)(CC(=O)O)NC(=O)C1CC2CCC1C2. The molecule has 17 heavy (non-hydrogen) atoms. The predicted octanol–water partition coefficient (Wildman–Crippen LogP) is 1.79. The molecule has 3 unspecified atom stereocenters. The first-order chi connectivity index (χ1) is 7.87. The van der Waals surface area contributed by atoms with E-state index in [0.717, 1.165) is 12.3 Å². The van der Waals surface area contributed by atoms with E-state index in [2.05, 4.69) is 5.32 Å². The highest BCUT2D eigenvalue weighted by molar-refractivity contribution is 5.81. The highest BCUT2D eigenvalue weighted by Crippen LogP contribution is 2.48. The molecule has 4 heteroatoms. The van der Waals surface area contributed by atoms with Crippen molar-refractivity contribution < 1.29 is 14.7 Å². The third-order valence-corrected chi connectivity index (χ3v) is 4.13. The summed E-state index contributed by atoms with van der Waals surface area (Å²) in [6.45, 7) is 3.54. The summed E-state index contributed by atoms with van der Waals surface area (Å²) in [5.74, 6) is 0.590. The van der Waals surface area contributed by atoms with E-state index in [-0.39, 0.29) is 18.2 Å². The number of amides is 1. The summed E-state index contributed by atoms with van der Waals surface area (Å²) < 4.78 is 0. The molecule has 0 aromatic heterocycles. The first-order valence-electron chi connectivity index (χ1n) is 6.41. The van der Waals surface area contributed by atoms with Gasteiger partial charge in [0.05, 0.1) is 6.42 Å². The van der Waals surface area contributed by atoms with E-state index in [9.17, 15) is 9.59 Å². The smallest absolute Gasteiger partial charge is 0.305 e. The molecule has 0 aromatic carbocycles. The van der Waals surface area contributed by atoms with Crippen LogP contribution in [0.25, 0.3) is 0 Å². The lowest BCUT2D eigenvalue weighted by Crippen LogP contribution is -2.48. The van der Waals surface area contributed by atoms with Gasteiger partial charge in [-0.15, -0.1) is 0 Å². The van der Waals surface area contributed by atoms with Gasteiger partial charge in [-0.2, -0.15) is 0 Å². The van der Waals surface area contributed by atoms with Crippen molar-refractivity contribution in [3.8, 4) is 0 Å². The molecule has 0 saturated heterocycles. The second-order valence-electron chi connectivity index (χ2n) is 6.23. The largest absolute Gasteiger partial charge is 0.481 e. The monoisotopic (exact) mass is 239 g/mol. The van der Waals surface area contributed by atoms with Gasteiger partial charge in [-0.05, 0) is 44.9 Å². The molecule has 2 fully saturated rings. The molecule has 2 aliphatic carbocycles. The fourth-order valence-corrected chi connectivity index (χ4v) is 3.41. The number of carboxylic acid groups (broad SMARTS) is 1. The van der Waals surface area contributed by atoms with Crippen LogP contribution >= 0.6 is 0 Å². The minimum atomic E-state index is -0.872. The first kappa shape index (κ1) is 12.4. The number of nitrogens with one attached hydrogen (secondary N) is 1. The Balaban J connectivity index is 1.91. The molecule has 0 radical (unpaired) electrons. The van der Waals surface area contributed by atoms with E-state index in [1.54, 1.807) is 13.8 Å². The maximum Gasteiger partial charge on any atom is 0.305 e. The maximum atomic E-state index is 12.1.